The number of allylic oxidation sites excluding steroid dienone is 1. The van der Waals surface area contributed by atoms with Crippen LogP contribution in [0.15, 0.2) is 67.1 Å². The minimum atomic E-state index is -1.01. The van der Waals surface area contributed by atoms with Crippen LogP contribution in [0, 0.1) is 0 Å². The summed E-state index contributed by atoms with van der Waals surface area (Å²) in [4.78, 5) is 30.0. The van der Waals surface area contributed by atoms with E-state index in [-0.39, 0.29) is 11.1 Å². The molecule has 0 fully saturated rings. The first-order chi connectivity index (χ1) is 13.1. The summed E-state index contributed by atoms with van der Waals surface area (Å²) >= 11 is 0. The zero-order valence-electron chi connectivity index (χ0n) is 14.4. The first-order valence-corrected chi connectivity index (χ1v) is 8.40. The second kappa shape index (κ2) is 8.14. The molecule has 2 aromatic carbocycles. The van der Waals surface area contributed by atoms with Gasteiger partial charge in [0.2, 0.25) is 0 Å². The van der Waals surface area contributed by atoms with Crippen molar-refractivity contribution in [1.82, 2.24) is 9.97 Å². The number of aromatic amines is 1. The minimum absolute atomic E-state index is 0.198. The van der Waals surface area contributed by atoms with Crippen molar-refractivity contribution in [2.24, 2.45) is 0 Å². The van der Waals surface area contributed by atoms with Gasteiger partial charge in [-0.1, -0.05) is 42.5 Å². The fourth-order valence-electron chi connectivity index (χ4n) is 2.99. The highest BCUT2D eigenvalue weighted by atomic mass is 16.4. The third kappa shape index (κ3) is 4.12. The molecule has 1 aromatic heterocycles. The molecule has 1 heterocycles. The van der Waals surface area contributed by atoms with Crippen LogP contribution in [0.5, 0.6) is 0 Å². The summed E-state index contributed by atoms with van der Waals surface area (Å²) in [5, 5.41) is 18.8. The summed E-state index contributed by atoms with van der Waals surface area (Å²) in [5.41, 5.74) is 3.22. The molecule has 0 saturated heterocycles. The van der Waals surface area contributed by atoms with E-state index < -0.39 is 11.9 Å². The highest BCUT2D eigenvalue weighted by molar-refractivity contribution is 5.96. The average molecular weight is 362 g/mol. The lowest BCUT2D eigenvalue weighted by molar-refractivity contribution is 0.0685. The number of hydrogen-bond acceptors (Lipinski definition) is 3. The number of rotatable bonds is 7. The summed E-state index contributed by atoms with van der Waals surface area (Å²) in [7, 11) is 0. The van der Waals surface area contributed by atoms with Gasteiger partial charge in [-0.2, -0.15) is 0 Å². The van der Waals surface area contributed by atoms with E-state index in [0.717, 1.165) is 11.1 Å². The first-order valence-electron chi connectivity index (χ1n) is 8.40. The quantitative estimate of drug-likeness (QED) is 0.592. The number of nitrogens with zero attached hydrogens (tertiary/aromatic N) is 1. The number of H-pyrrole nitrogens is 1. The van der Waals surface area contributed by atoms with E-state index in [0.29, 0.717) is 24.1 Å². The van der Waals surface area contributed by atoms with E-state index in [1.807, 2.05) is 6.08 Å². The van der Waals surface area contributed by atoms with Crippen LogP contribution in [0.4, 0.5) is 0 Å². The summed E-state index contributed by atoms with van der Waals surface area (Å²) in [6.45, 7) is 0. The Balaban J connectivity index is 1.94. The molecule has 0 bridgehead atoms. The third-order valence-electron chi connectivity index (χ3n) is 4.25. The molecule has 0 aliphatic carbocycles. The van der Waals surface area contributed by atoms with Gasteiger partial charge >= 0.3 is 11.9 Å². The molecule has 0 atom stereocenters. The van der Waals surface area contributed by atoms with Gasteiger partial charge in [0, 0.05) is 5.57 Å². The molecule has 6 heteroatoms. The Morgan fingerprint density at radius 1 is 0.926 bits per heavy atom. The first kappa shape index (κ1) is 18.1. The van der Waals surface area contributed by atoms with Crippen LogP contribution in [-0.4, -0.2) is 32.1 Å². The Kier molecular flexibility index (Phi) is 5.47. The lowest BCUT2D eigenvalue weighted by Gasteiger charge is -2.10. The van der Waals surface area contributed by atoms with E-state index in [4.69, 9.17) is 0 Å². The summed E-state index contributed by atoms with van der Waals surface area (Å²) in [5.74, 6) is -1.97. The average Bonchev–Trinajstić information content (AvgIpc) is 3.20. The number of aromatic nitrogens is 2. The molecular formula is C21H18N2O4. The molecule has 6 nitrogen and oxygen atoms in total. The standard InChI is InChI=1S/C21H18N2O4/c24-20(25)15-8-2-1-6-14(15)7-5-11-17(19-12-22-13-23-19)16-9-3-4-10-18(16)21(26)27/h1-4,6,8-13H,5,7H2,(H,22,23)(H,24,25)(H,26,27). The topological polar surface area (TPSA) is 103 Å². The van der Waals surface area contributed by atoms with E-state index in [9.17, 15) is 19.8 Å². The number of benzene rings is 2. The number of carboxylic acid groups (broad SMARTS) is 2. The van der Waals surface area contributed by atoms with Crippen molar-refractivity contribution in [1.29, 1.82) is 0 Å². The maximum absolute atomic E-state index is 11.6. The maximum Gasteiger partial charge on any atom is 0.336 e. The Bertz CT molecular complexity index is 991. The fraction of sp³-hybridized carbons (Fsp3) is 0.0952. The van der Waals surface area contributed by atoms with Crippen molar-refractivity contribution >= 4 is 17.5 Å². The third-order valence-corrected chi connectivity index (χ3v) is 4.25. The van der Waals surface area contributed by atoms with Gasteiger partial charge in [-0.25, -0.2) is 14.6 Å². The van der Waals surface area contributed by atoms with Gasteiger partial charge in [0.1, 0.15) is 0 Å². The van der Waals surface area contributed by atoms with Crippen LogP contribution in [0.2, 0.25) is 0 Å². The van der Waals surface area contributed by atoms with Gasteiger partial charge in [-0.3, -0.25) is 0 Å². The van der Waals surface area contributed by atoms with Crippen molar-refractivity contribution in [3.63, 3.8) is 0 Å². The Morgan fingerprint density at radius 2 is 1.56 bits per heavy atom. The number of aromatic carboxylic acids is 2. The lowest BCUT2D eigenvalue weighted by Crippen LogP contribution is -2.03. The number of imidazole rings is 1. The van der Waals surface area contributed by atoms with E-state index >= 15 is 0 Å². The normalized spacial score (nSPS) is 11.3. The lowest BCUT2D eigenvalue weighted by atomic mass is 9.95. The summed E-state index contributed by atoms with van der Waals surface area (Å²) in [6, 6.07) is 13.6. The molecule has 0 amide bonds. The predicted octanol–water partition coefficient (Wildman–Crippen LogP) is 3.87. The van der Waals surface area contributed by atoms with Crippen LogP contribution in [0.3, 0.4) is 0 Å². The number of aryl methyl sites for hydroxylation is 1. The van der Waals surface area contributed by atoms with Crippen LogP contribution in [-0.2, 0) is 6.42 Å². The van der Waals surface area contributed by atoms with Gasteiger partial charge in [0.15, 0.2) is 0 Å². The monoisotopic (exact) mass is 362 g/mol. The van der Waals surface area contributed by atoms with Crippen molar-refractivity contribution < 1.29 is 19.8 Å². The van der Waals surface area contributed by atoms with Crippen LogP contribution < -0.4 is 0 Å². The predicted molar refractivity (Wildman–Crippen MR) is 101 cm³/mol. The largest absolute Gasteiger partial charge is 0.478 e. The van der Waals surface area contributed by atoms with Crippen molar-refractivity contribution in [2.45, 2.75) is 12.8 Å². The van der Waals surface area contributed by atoms with Crippen LogP contribution >= 0.6 is 0 Å². The highest BCUT2D eigenvalue weighted by Crippen LogP contribution is 2.26. The molecule has 136 valence electrons. The summed E-state index contributed by atoms with van der Waals surface area (Å²) < 4.78 is 0. The van der Waals surface area contributed by atoms with E-state index in [1.54, 1.807) is 54.7 Å². The summed E-state index contributed by atoms with van der Waals surface area (Å²) in [6.07, 6.45) is 6.15. The molecular weight excluding hydrogens is 344 g/mol. The molecule has 0 radical (unpaired) electrons. The zero-order valence-corrected chi connectivity index (χ0v) is 14.4. The zero-order chi connectivity index (χ0) is 19.2. The van der Waals surface area contributed by atoms with E-state index in [1.165, 1.54) is 6.33 Å². The second-order valence-corrected chi connectivity index (χ2v) is 5.93. The molecule has 3 rings (SSSR count). The molecule has 0 aliphatic rings. The van der Waals surface area contributed by atoms with Crippen LogP contribution in [0.25, 0.3) is 5.57 Å². The number of carbonyl (C=O) groups is 2. The van der Waals surface area contributed by atoms with Gasteiger partial charge in [0.05, 0.1) is 29.3 Å². The molecule has 0 unspecified atom stereocenters. The molecule has 3 aromatic rings. The van der Waals surface area contributed by atoms with Crippen molar-refractivity contribution in [3.05, 3.63) is 95.1 Å². The maximum atomic E-state index is 11.6. The number of hydrogen-bond donors (Lipinski definition) is 3. The van der Waals surface area contributed by atoms with Crippen LogP contribution in [0.1, 0.15) is 44.0 Å². The van der Waals surface area contributed by atoms with Gasteiger partial charge in [-0.05, 0) is 36.1 Å². The van der Waals surface area contributed by atoms with Gasteiger partial charge in [-0.15, -0.1) is 0 Å². The van der Waals surface area contributed by atoms with Gasteiger partial charge < -0.3 is 15.2 Å². The SMILES string of the molecule is O=C(O)c1ccccc1CCC=C(c1cnc[nH]1)c1ccccc1C(=O)O. The molecule has 0 saturated carbocycles. The molecule has 27 heavy (non-hydrogen) atoms. The molecule has 0 spiro atoms. The number of carboxylic acids is 2. The van der Waals surface area contributed by atoms with E-state index in [2.05, 4.69) is 9.97 Å². The molecule has 3 N–H and O–H groups in total. The Morgan fingerprint density at radius 3 is 2.19 bits per heavy atom. The second-order valence-electron chi connectivity index (χ2n) is 5.93. The number of nitrogens with one attached hydrogen (secondary N) is 1. The Hall–Kier alpha value is -3.67. The van der Waals surface area contributed by atoms with Gasteiger partial charge in [0.25, 0.3) is 0 Å². The highest BCUT2D eigenvalue weighted by Gasteiger charge is 2.15. The Labute approximate surface area is 155 Å². The smallest absolute Gasteiger partial charge is 0.336 e. The fourth-order valence-corrected chi connectivity index (χ4v) is 2.99. The minimum Gasteiger partial charge on any atom is -0.478 e. The molecule has 0 aliphatic heterocycles. The van der Waals surface area contributed by atoms with Crippen molar-refractivity contribution in [3.8, 4) is 0 Å². The van der Waals surface area contributed by atoms with Crippen molar-refractivity contribution in [2.75, 3.05) is 0 Å².